The molecule has 2 aromatic carbocycles. The van der Waals surface area contributed by atoms with Gasteiger partial charge < -0.3 is 23.9 Å². The van der Waals surface area contributed by atoms with E-state index in [2.05, 4.69) is 9.88 Å². The fourth-order valence-corrected chi connectivity index (χ4v) is 5.66. The molecule has 2 atom stereocenters. The molecule has 1 fully saturated rings. The average molecular weight is 615 g/mol. The third-order valence-corrected chi connectivity index (χ3v) is 8.20. The first-order chi connectivity index (χ1) is 21.0. The number of alkyl halides is 3. The molecule has 0 bridgehead atoms. The van der Waals surface area contributed by atoms with Gasteiger partial charge in [-0.2, -0.15) is 13.2 Å². The molecule has 2 aliphatic rings. The summed E-state index contributed by atoms with van der Waals surface area (Å²) < 4.78 is 74.1. The average Bonchev–Trinajstić information content (AvgIpc) is 3.31. The van der Waals surface area contributed by atoms with Gasteiger partial charge >= 0.3 is 12.1 Å². The number of carbonyl (C=O) groups is 1. The van der Waals surface area contributed by atoms with Crippen molar-refractivity contribution in [1.82, 2.24) is 19.4 Å². The molecule has 1 saturated heterocycles. The summed E-state index contributed by atoms with van der Waals surface area (Å²) in [6.07, 6.45) is -3.54. The van der Waals surface area contributed by atoms with E-state index < -0.39 is 29.4 Å². The first kappa shape index (κ1) is 29.8. The Morgan fingerprint density at radius 1 is 1.16 bits per heavy atom. The number of methoxy groups -OCH3 is 1. The van der Waals surface area contributed by atoms with Crippen LogP contribution in [0.3, 0.4) is 0 Å². The fraction of sp³-hybridized carbons (Fsp3) is 0.387. The van der Waals surface area contributed by atoms with Crippen LogP contribution in [0.1, 0.15) is 58.0 Å². The molecule has 4 heterocycles. The molecular weight excluding hydrogens is 584 g/mol. The van der Waals surface area contributed by atoms with E-state index in [1.165, 1.54) is 37.4 Å². The van der Waals surface area contributed by atoms with Gasteiger partial charge in [0.2, 0.25) is 5.88 Å². The van der Waals surface area contributed by atoms with E-state index in [-0.39, 0.29) is 24.3 Å². The number of rotatable bonds is 9. The van der Waals surface area contributed by atoms with Gasteiger partial charge in [-0.25, -0.2) is 19.2 Å². The Morgan fingerprint density at radius 3 is 2.55 bits per heavy atom. The summed E-state index contributed by atoms with van der Waals surface area (Å²) in [4.78, 5) is 23.1. The Hall–Kier alpha value is -4.23. The molecule has 4 aromatic rings. The molecule has 0 saturated carbocycles. The van der Waals surface area contributed by atoms with Crippen LogP contribution in [0.2, 0.25) is 0 Å². The van der Waals surface area contributed by atoms with Crippen LogP contribution in [0, 0.1) is 5.82 Å². The Labute approximate surface area is 250 Å². The number of halogens is 4. The number of benzene rings is 2. The van der Waals surface area contributed by atoms with Gasteiger partial charge in [-0.1, -0.05) is 12.1 Å². The Balaban J connectivity index is 1.33. The lowest BCUT2D eigenvalue weighted by Gasteiger charge is -2.35. The van der Waals surface area contributed by atoms with E-state index in [0.29, 0.717) is 72.1 Å². The highest BCUT2D eigenvalue weighted by molar-refractivity contribution is 5.95. The SMILES string of the molecule is COc1cc(C(=O)O)cc2c1nc(CN1CCc3cc(C(F)(F)F)c(OCc4ccc(F)cc4)nc3[C@@H]1C)n2C[C@@H]1CCO1. The zero-order chi connectivity index (χ0) is 31.2. The predicted molar refractivity (Wildman–Crippen MR) is 150 cm³/mol. The van der Waals surface area contributed by atoms with Crippen molar-refractivity contribution in [3.63, 3.8) is 0 Å². The summed E-state index contributed by atoms with van der Waals surface area (Å²) in [5.41, 5.74) is 1.68. The number of aromatic carboxylic acids is 1. The first-order valence-corrected chi connectivity index (χ1v) is 14.2. The summed E-state index contributed by atoms with van der Waals surface area (Å²) in [5.74, 6) is -1.11. The maximum atomic E-state index is 14.0. The molecule has 0 aliphatic carbocycles. The number of ether oxygens (including phenoxy) is 3. The summed E-state index contributed by atoms with van der Waals surface area (Å²) >= 11 is 0. The highest BCUT2D eigenvalue weighted by Crippen LogP contribution is 2.40. The van der Waals surface area contributed by atoms with Crippen LogP contribution in [-0.2, 0) is 37.0 Å². The molecule has 2 aromatic heterocycles. The van der Waals surface area contributed by atoms with Gasteiger partial charge in [-0.15, -0.1) is 0 Å². The minimum atomic E-state index is -4.68. The third-order valence-electron chi connectivity index (χ3n) is 8.20. The molecule has 2 aliphatic heterocycles. The molecule has 0 amide bonds. The van der Waals surface area contributed by atoms with E-state index in [9.17, 15) is 27.5 Å². The van der Waals surface area contributed by atoms with Crippen molar-refractivity contribution >= 4 is 17.0 Å². The quantitative estimate of drug-likeness (QED) is 0.237. The summed E-state index contributed by atoms with van der Waals surface area (Å²) in [6, 6.07) is 9.03. The number of aromatic nitrogens is 3. The van der Waals surface area contributed by atoms with Crippen LogP contribution in [0.5, 0.6) is 11.6 Å². The minimum absolute atomic E-state index is 0.0478. The van der Waals surface area contributed by atoms with Gasteiger partial charge in [0.05, 0.1) is 49.1 Å². The molecule has 232 valence electrons. The number of nitrogens with zero attached hydrogens (tertiary/aromatic N) is 4. The van der Waals surface area contributed by atoms with Crippen molar-refractivity contribution in [3.8, 4) is 11.6 Å². The van der Waals surface area contributed by atoms with Gasteiger partial charge in [0.15, 0.2) is 0 Å². The lowest BCUT2D eigenvalue weighted by molar-refractivity contribution is -0.139. The number of hydrogen-bond acceptors (Lipinski definition) is 7. The Morgan fingerprint density at radius 2 is 1.91 bits per heavy atom. The van der Waals surface area contributed by atoms with E-state index >= 15 is 0 Å². The van der Waals surface area contributed by atoms with Gasteiger partial charge in [-0.05, 0) is 61.2 Å². The normalized spacial score (nSPS) is 18.6. The van der Waals surface area contributed by atoms with Crippen LogP contribution in [0.4, 0.5) is 17.6 Å². The van der Waals surface area contributed by atoms with Crippen molar-refractivity contribution < 1.29 is 41.7 Å². The Kier molecular flexibility index (Phi) is 7.93. The summed E-state index contributed by atoms with van der Waals surface area (Å²) in [6.45, 7) is 3.54. The zero-order valence-electron chi connectivity index (χ0n) is 24.0. The highest BCUT2D eigenvalue weighted by atomic mass is 19.4. The second-order valence-corrected chi connectivity index (χ2v) is 11.0. The molecular formula is C31H30F4N4O5. The highest BCUT2D eigenvalue weighted by Gasteiger charge is 2.38. The van der Waals surface area contributed by atoms with Crippen LogP contribution < -0.4 is 9.47 Å². The maximum Gasteiger partial charge on any atom is 0.421 e. The van der Waals surface area contributed by atoms with Crippen molar-refractivity contribution in [2.75, 3.05) is 20.3 Å². The molecule has 1 N–H and O–H groups in total. The van der Waals surface area contributed by atoms with Crippen molar-refractivity contribution in [2.24, 2.45) is 0 Å². The van der Waals surface area contributed by atoms with E-state index in [4.69, 9.17) is 19.2 Å². The standard InChI is InChI=1S/C31H30F4N4O5/c1-17-27-19(11-23(31(33,34)35)29(37-27)44-16-18-3-5-21(32)6-4-18)7-9-38(17)15-26-36-28-24(39(26)14-22-8-10-43-22)12-20(30(40)41)13-25(28)42-2/h3-6,11-13,17,22H,7-10,14-16H2,1-2H3,(H,40,41)/t17-,22-/m0/s1. The monoisotopic (exact) mass is 614 g/mol. The lowest BCUT2D eigenvalue weighted by Crippen LogP contribution is -2.36. The molecule has 6 rings (SSSR count). The number of pyridine rings is 1. The van der Waals surface area contributed by atoms with Gasteiger partial charge in [0.1, 0.15) is 35.1 Å². The van der Waals surface area contributed by atoms with Crippen LogP contribution in [0.25, 0.3) is 11.0 Å². The van der Waals surface area contributed by atoms with Crippen molar-refractivity contribution in [1.29, 1.82) is 0 Å². The molecule has 44 heavy (non-hydrogen) atoms. The number of carboxylic acids is 1. The van der Waals surface area contributed by atoms with Crippen molar-refractivity contribution in [3.05, 3.63) is 82.1 Å². The molecule has 0 unspecified atom stereocenters. The van der Waals surface area contributed by atoms with E-state index in [1.54, 1.807) is 6.07 Å². The van der Waals surface area contributed by atoms with Crippen molar-refractivity contribution in [2.45, 2.75) is 57.8 Å². The van der Waals surface area contributed by atoms with Crippen LogP contribution >= 0.6 is 0 Å². The minimum Gasteiger partial charge on any atom is -0.494 e. The number of fused-ring (bicyclic) bond motifs is 2. The third kappa shape index (κ3) is 5.81. The first-order valence-electron chi connectivity index (χ1n) is 14.2. The zero-order valence-corrected chi connectivity index (χ0v) is 24.0. The number of imidazole rings is 1. The van der Waals surface area contributed by atoms with Crippen LogP contribution in [-0.4, -0.2) is 56.9 Å². The maximum absolute atomic E-state index is 14.0. The smallest absolute Gasteiger partial charge is 0.421 e. The molecule has 13 heteroatoms. The second-order valence-electron chi connectivity index (χ2n) is 11.0. The topological polar surface area (TPSA) is 98.9 Å². The lowest BCUT2D eigenvalue weighted by atomic mass is 9.97. The molecule has 9 nitrogen and oxygen atoms in total. The number of carboxylic acid groups (broad SMARTS) is 1. The van der Waals surface area contributed by atoms with Gasteiger partial charge in [0, 0.05) is 13.2 Å². The van der Waals surface area contributed by atoms with Crippen LogP contribution in [0.15, 0.2) is 42.5 Å². The fourth-order valence-electron chi connectivity index (χ4n) is 5.66. The molecule has 0 spiro atoms. The van der Waals surface area contributed by atoms with E-state index in [0.717, 1.165) is 12.5 Å². The largest absolute Gasteiger partial charge is 0.494 e. The van der Waals surface area contributed by atoms with Gasteiger partial charge in [-0.3, -0.25) is 4.90 Å². The Bertz CT molecular complexity index is 1700. The van der Waals surface area contributed by atoms with Gasteiger partial charge in [0.25, 0.3) is 0 Å². The molecule has 0 radical (unpaired) electrons. The summed E-state index contributed by atoms with van der Waals surface area (Å²) in [7, 11) is 1.45. The van der Waals surface area contributed by atoms with E-state index in [1.807, 2.05) is 11.5 Å². The predicted octanol–water partition coefficient (Wildman–Crippen LogP) is 5.78. The number of hydrogen-bond donors (Lipinski definition) is 1. The second kappa shape index (κ2) is 11.7. The summed E-state index contributed by atoms with van der Waals surface area (Å²) in [5, 5.41) is 9.68.